The number of tetrazole rings is 1. The molecular weight excluding hydrogens is 344 g/mol. The first kappa shape index (κ1) is 19.1. The summed E-state index contributed by atoms with van der Waals surface area (Å²) in [5, 5.41) is 15.4. The van der Waals surface area contributed by atoms with Crippen LogP contribution in [0.5, 0.6) is 0 Å². The summed E-state index contributed by atoms with van der Waals surface area (Å²) in [5.41, 5.74) is 0.653. The van der Waals surface area contributed by atoms with Crippen LogP contribution in [0, 0.1) is 0 Å². The van der Waals surface area contributed by atoms with E-state index in [4.69, 9.17) is 4.74 Å². The molecule has 0 spiro atoms. The van der Waals surface area contributed by atoms with E-state index in [1.165, 1.54) is 0 Å². The lowest BCUT2D eigenvalue weighted by Gasteiger charge is -2.28. The van der Waals surface area contributed by atoms with Crippen LogP contribution in [0.15, 0.2) is 30.3 Å². The van der Waals surface area contributed by atoms with Crippen molar-refractivity contribution in [3.63, 3.8) is 0 Å². The summed E-state index contributed by atoms with van der Waals surface area (Å²) in [7, 11) is 0. The first-order valence-corrected chi connectivity index (χ1v) is 9.41. The van der Waals surface area contributed by atoms with E-state index in [1.54, 1.807) is 9.58 Å². The average Bonchev–Trinajstić information content (AvgIpc) is 3.24. The molecule has 0 saturated carbocycles. The number of benzene rings is 1. The lowest BCUT2D eigenvalue weighted by Crippen LogP contribution is -2.41. The van der Waals surface area contributed by atoms with Gasteiger partial charge in [0.05, 0.1) is 18.6 Å². The second-order valence-corrected chi connectivity index (χ2v) is 7.93. The van der Waals surface area contributed by atoms with Gasteiger partial charge in [0.2, 0.25) is 5.95 Å². The van der Waals surface area contributed by atoms with Gasteiger partial charge in [-0.3, -0.25) is 0 Å². The largest absolute Gasteiger partial charge is 0.444 e. The van der Waals surface area contributed by atoms with Gasteiger partial charge in [-0.05, 0) is 56.5 Å². The highest BCUT2D eigenvalue weighted by atomic mass is 16.6. The van der Waals surface area contributed by atoms with Crippen LogP contribution < -0.4 is 5.32 Å². The average molecular weight is 372 g/mol. The zero-order chi connectivity index (χ0) is 19.4. The number of nitrogens with one attached hydrogen (secondary N) is 1. The standard InChI is InChI=1S/C19H28N6O2/c1-14(15-9-6-5-7-10-15)20-17-21-22-23-25(17)13-16-11-8-12-24(16)18(26)27-19(2,3)4/h5-7,9-10,14,16H,8,11-13H2,1-4H3,(H,20,21,23)/t14-,16+/m1/s1. The number of anilines is 1. The number of ether oxygens (including phenoxy) is 1. The van der Waals surface area contributed by atoms with Gasteiger partial charge in [-0.2, -0.15) is 0 Å². The highest BCUT2D eigenvalue weighted by Gasteiger charge is 2.33. The molecule has 3 rings (SSSR count). The molecule has 2 heterocycles. The molecule has 0 radical (unpaired) electrons. The number of nitrogens with zero attached hydrogens (tertiary/aromatic N) is 5. The minimum absolute atomic E-state index is 0.0240. The highest BCUT2D eigenvalue weighted by Crippen LogP contribution is 2.23. The van der Waals surface area contributed by atoms with Gasteiger partial charge in [0, 0.05) is 6.54 Å². The van der Waals surface area contributed by atoms with E-state index in [1.807, 2.05) is 39.0 Å². The summed E-state index contributed by atoms with van der Waals surface area (Å²) in [6.45, 7) is 8.94. The van der Waals surface area contributed by atoms with Crippen molar-refractivity contribution >= 4 is 12.0 Å². The zero-order valence-electron chi connectivity index (χ0n) is 16.4. The molecule has 0 unspecified atom stereocenters. The summed E-state index contributed by atoms with van der Waals surface area (Å²) < 4.78 is 7.26. The summed E-state index contributed by atoms with van der Waals surface area (Å²) in [6.07, 6.45) is 1.59. The predicted octanol–water partition coefficient (Wildman–Crippen LogP) is 3.25. The Bertz CT molecular complexity index is 755. The smallest absolute Gasteiger partial charge is 0.410 e. The topological polar surface area (TPSA) is 85.2 Å². The van der Waals surface area contributed by atoms with Crippen molar-refractivity contribution in [2.45, 2.75) is 64.8 Å². The molecule has 27 heavy (non-hydrogen) atoms. The third-order valence-corrected chi connectivity index (χ3v) is 4.57. The third kappa shape index (κ3) is 4.96. The van der Waals surface area contributed by atoms with E-state index in [0.29, 0.717) is 19.0 Å². The van der Waals surface area contributed by atoms with E-state index in [9.17, 15) is 4.79 Å². The first-order chi connectivity index (χ1) is 12.8. The van der Waals surface area contributed by atoms with Crippen LogP contribution in [0.1, 0.15) is 52.1 Å². The summed E-state index contributed by atoms with van der Waals surface area (Å²) in [4.78, 5) is 14.3. The van der Waals surface area contributed by atoms with Crippen molar-refractivity contribution in [1.29, 1.82) is 0 Å². The fraction of sp³-hybridized carbons (Fsp3) is 0.579. The minimum Gasteiger partial charge on any atom is -0.444 e. The molecular formula is C19H28N6O2. The van der Waals surface area contributed by atoms with E-state index >= 15 is 0 Å². The van der Waals surface area contributed by atoms with Gasteiger partial charge in [-0.25, -0.2) is 9.48 Å². The molecule has 146 valence electrons. The molecule has 0 aliphatic carbocycles. The molecule has 8 heteroatoms. The van der Waals surface area contributed by atoms with Crippen molar-refractivity contribution < 1.29 is 9.53 Å². The summed E-state index contributed by atoms with van der Waals surface area (Å²) >= 11 is 0. The van der Waals surface area contributed by atoms with Gasteiger partial charge in [0.15, 0.2) is 0 Å². The van der Waals surface area contributed by atoms with Gasteiger partial charge in [0.25, 0.3) is 0 Å². The molecule has 1 fully saturated rings. The fourth-order valence-corrected chi connectivity index (χ4v) is 3.24. The van der Waals surface area contributed by atoms with E-state index in [2.05, 4.69) is 39.9 Å². The second kappa shape index (κ2) is 7.94. The Morgan fingerprint density at radius 3 is 2.78 bits per heavy atom. The Kier molecular flexibility index (Phi) is 5.62. The molecule has 2 aromatic rings. The first-order valence-electron chi connectivity index (χ1n) is 9.41. The molecule has 1 aromatic carbocycles. The van der Waals surface area contributed by atoms with Crippen molar-refractivity contribution in [1.82, 2.24) is 25.1 Å². The Morgan fingerprint density at radius 1 is 1.33 bits per heavy atom. The number of aromatic nitrogens is 4. The van der Waals surface area contributed by atoms with Crippen LogP contribution in [0.3, 0.4) is 0 Å². The molecule has 1 amide bonds. The van der Waals surface area contributed by atoms with Crippen LogP contribution in [0.2, 0.25) is 0 Å². The van der Waals surface area contributed by atoms with Crippen LogP contribution >= 0.6 is 0 Å². The van der Waals surface area contributed by atoms with Gasteiger partial charge in [0.1, 0.15) is 5.60 Å². The zero-order valence-corrected chi connectivity index (χ0v) is 16.4. The van der Waals surface area contributed by atoms with Crippen molar-refractivity contribution in [2.24, 2.45) is 0 Å². The quantitative estimate of drug-likeness (QED) is 0.867. The van der Waals surface area contributed by atoms with Crippen LogP contribution in [0.25, 0.3) is 0 Å². The van der Waals surface area contributed by atoms with Crippen LogP contribution in [-0.4, -0.2) is 49.4 Å². The molecule has 1 saturated heterocycles. The lowest BCUT2D eigenvalue weighted by molar-refractivity contribution is 0.0211. The second-order valence-electron chi connectivity index (χ2n) is 7.93. The monoisotopic (exact) mass is 372 g/mol. The van der Waals surface area contributed by atoms with E-state index in [0.717, 1.165) is 18.4 Å². The molecule has 1 N–H and O–H groups in total. The summed E-state index contributed by atoms with van der Waals surface area (Å²) in [6, 6.07) is 10.2. The highest BCUT2D eigenvalue weighted by molar-refractivity contribution is 5.68. The molecule has 0 bridgehead atoms. The van der Waals surface area contributed by atoms with Gasteiger partial charge >= 0.3 is 6.09 Å². The molecule has 1 aliphatic rings. The van der Waals surface area contributed by atoms with E-state index in [-0.39, 0.29) is 18.2 Å². The number of rotatable bonds is 5. The van der Waals surface area contributed by atoms with Crippen molar-refractivity contribution in [2.75, 3.05) is 11.9 Å². The molecule has 2 atom stereocenters. The maximum Gasteiger partial charge on any atom is 0.410 e. The van der Waals surface area contributed by atoms with E-state index < -0.39 is 5.60 Å². The number of amides is 1. The molecule has 8 nitrogen and oxygen atoms in total. The number of carbonyl (C=O) groups excluding carboxylic acids is 1. The number of likely N-dealkylation sites (tertiary alicyclic amines) is 1. The maximum atomic E-state index is 12.5. The third-order valence-electron chi connectivity index (χ3n) is 4.57. The van der Waals surface area contributed by atoms with Gasteiger partial charge in [-0.15, -0.1) is 0 Å². The fourth-order valence-electron chi connectivity index (χ4n) is 3.24. The molecule has 1 aromatic heterocycles. The Balaban J connectivity index is 1.66. The Labute approximate surface area is 159 Å². The van der Waals surface area contributed by atoms with Crippen molar-refractivity contribution in [3.05, 3.63) is 35.9 Å². The lowest BCUT2D eigenvalue weighted by atomic mass is 10.1. The number of hydrogen-bond acceptors (Lipinski definition) is 6. The van der Waals surface area contributed by atoms with Crippen molar-refractivity contribution in [3.8, 4) is 0 Å². The van der Waals surface area contributed by atoms with Gasteiger partial charge in [-0.1, -0.05) is 35.4 Å². The van der Waals surface area contributed by atoms with Crippen LogP contribution in [0.4, 0.5) is 10.7 Å². The minimum atomic E-state index is -0.503. The van der Waals surface area contributed by atoms with Gasteiger partial charge < -0.3 is 15.0 Å². The Hall–Kier alpha value is -2.64. The predicted molar refractivity (Wildman–Crippen MR) is 102 cm³/mol. The van der Waals surface area contributed by atoms with Crippen LogP contribution in [-0.2, 0) is 11.3 Å². The number of hydrogen-bond donors (Lipinski definition) is 1. The maximum absolute atomic E-state index is 12.5. The SMILES string of the molecule is C[C@@H](Nc1nnnn1C[C@@H]1CCCN1C(=O)OC(C)(C)C)c1ccccc1. The molecule has 1 aliphatic heterocycles. The normalized spacial score (nSPS) is 18.4. The summed E-state index contributed by atoms with van der Waals surface area (Å²) in [5.74, 6) is 0.599. The number of carbonyl (C=O) groups is 1. The Morgan fingerprint density at radius 2 is 2.07 bits per heavy atom.